The van der Waals surface area contributed by atoms with E-state index in [1.807, 2.05) is 6.26 Å². The van der Waals surface area contributed by atoms with Crippen LogP contribution in [0.15, 0.2) is 23.2 Å². The number of hydrogen-bond acceptors (Lipinski definition) is 3. The topological polar surface area (TPSA) is 65.5 Å². The SMILES string of the molecule is CN=C(NCCC(=O)NC1CCCC1)NCc1ccc(F)cc1CSC. The highest BCUT2D eigenvalue weighted by molar-refractivity contribution is 7.97. The summed E-state index contributed by atoms with van der Waals surface area (Å²) in [5, 5.41) is 9.46. The summed E-state index contributed by atoms with van der Waals surface area (Å²) in [6.07, 6.45) is 7.03. The Balaban J connectivity index is 1.74. The number of benzene rings is 1. The first-order valence-corrected chi connectivity index (χ1v) is 10.5. The number of carbonyl (C=O) groups excluding carboxylic acids is 1. The zero-order valence-corrected chi connectivity index (χ0v) is 16.4. The van der Waals surface area contributed by atoms with E-state index in [9.17, 15) is 9.18 Å². The van der Waals surface area contributed by atoms with Crippen molar-refractivity contribution in [1.29, 1.82) is 0 Å². The molecule has 1 fully saturated rings. The Labute approximate surface area is 159 Å². The van der Waals surface area contributed by atoms with Gasteiger partial charge in [-0.15, -0.1) is 0 Å². The van der Waals surface area contributed by atoms with Crippen LogP contribution < -0.4 is 16.0 Å². The van der Waals surface area contributed by atoms with Crippen molar-refractivity contribution in [2.24, 2.45) is 4.99 Å². The number of amides is 1. The lowest BCUT2D eigenvalue weighted by molar-refractivity contribution is -0.121. The molecule has 2 rings (SSSR count). The van der Waals surface area contributed by atoms with Crippen molar-refractivity contribution in [2.45, 2.75) is 50.4 Å². The molecule has 1 aliphatic carbocycles. The highest BCUT2D eigenvalue weighted by Gasteiger charge is 2.16. The Morgan fingerprint density at radius 3 is 2.73 bits per heavy atom. The van der Waals surface area contributed by atoms with Crippen molar-refractivity contribution in [3.63, 3.8) is 0 Å². The number of carbonyl (C=O) groups is 1. The lowest BCUT2D eigenvalue weighted by Gasteiger charge is -2.15. The fourth-order valence-corrected chi connectivity index (χ4v) is 3.70. The quantitative estimate of drug-likeness (QED) is 0.479. The number of thioether (sulfide) groups is 1. The number of nitrogens with one attached hydrogen (secondary N) is 3. The fraction of sp³-hybridized carbons (Fsp3) is 0.579. The minimum absolute atomic E-state index is 0.0839. The smallest absolute Gasteiger partial charge is 0.221 e. The maximum Gasteiger partial charge on any atom is 0.221 e. The molecule has 0 aromatic heterocycles. The molecular formula is C19H29FN4OS. The molecule has 7 heteroatoms. The Hall–Kier alpha value is -1.76. The molecule has 1 aromatic rings. The molecule has 0 heterocycles. The first-order chi connectivity index (χ1) is 12.6. The van der Waals surface area contributed by atoms with E-state index in [-0.39, 0.29) is 11.7 Å². The van der Waals surface area contributed by atoms with E-state index in [1.54, 1.807) is 30.9 Å². The standard InChI is InChI=1S/C19H29FN4OS/c1-21-19(22-10-9-18(25)24-17-5-3-4-6-17)23-12-14-7-8-16(20)11-15(14)13-26-2/h7-8,11,17H,3-6,9-10,12-13H2,1-2H3,(H,24,25)(H2,21,22,23). The molecule has 0 aliphatic heterocycles. The molecule has 5 nitrogen and oxygen atoms in total. The lowest BCUT2D eigenvalue weighted by atomic mass is 10.1. The van der Waals surface area contributed by atoms with E-state index in [4.69, 9.17) is 0 Å². The van der Waals surface area contributed by atoms with Crippen LogP contribution in [0.4, 0.5) is 4.39 Å². The van der Waals surface area contributed by atoms with Gasteiger partial charge in [-0.1, -0.05) is 18.9 Å². The van der Waals surface area contributed by atoms with Crippen LogP contribution in [0.5, 0.6) is 0 Å². The predicted octanol–water partition coefficient (Wildman–Crippen LogP) is 2.80. The van der Waals surface area contributed by atoms with Crippen molar-refractivity contribution in [1.82, 2.24) is 16.0 Å². The molecule has 1 aromatic carbocycles. The largest absolute Gasteiger partial charge is 0.356 e. The number of halogens is 1. The zero-order chi connectivity index (χ0) is 18.8. The third-order valence-corrected chi connectivity index (χ3v) is 5.10. The fourth-order valence-electron chi connectivity index (χ4n) is 3.12. The first-order valence-electron chi connectivity index (χ1n) is 9.12. The molecule has 0 radical (unpaired) electrons. The number of aliphatic imine (C=N–C) groups is 1. The molecular weight excluding hydrogens is 351 g/mol. The molecule has 0 spiro atoms. The van der Waals surface area contributed by atoms with Crippen LogP contribution in [0.25, 0.3) is 0 Å². The molecule has 0 saturated heterocycles. The van der Waals surface area contributed by atoms with E-state index in [1.165, 1.54) is 18.9 Å². The van der Waals surface area contributed by atoms with Crippen molar-refractivity contribution >= 4 is 23.6 Å². The minimum Gasteiger partial charge on any atom is -0.356 e. The maximum absolute atomic E-state index is 13.4. The van der Waals surface area contributed by atoms with Crippen LogP contribution in [0, 0.1) is 5.82 Å². The average molecular weight is 381 g/mol. The first kappa shape index (κ1) is 20.6. The minimum atomic E-state index is -0.214. The van der Waals surface area contributed by atoms with Gasteiger partial charge in [0, 0.05) is 38.4 Å². The van der Waals surface area contributed by atoms with Crippen molar-refractivity contribution in [2.75, 3.05) is 19.8 Å². The molecule has 1 amide bonds. The summed E-state index contributed by atoms with van der Waals surface area (Å²) in [5.41, 5.74) is 2.03. The van der Waals surface area contributed by atoms with E-state index in [2.05, 4.69) is 20.9 Å². The normalized spacial score (nSPS) is 15.1. The Kier molecular flexibility index (Phi) is 8.74. The van der Waals surface area contributed by atoms with Gasteiger partial charge in [-0.3, -0.25) is 9.79 Å². The summed E-state index contributed by atoms with van der Waals surface area (Å²) in [6, 6.07) is 5.21. The molecule has 0 unspecified atom stereocenters. The van der Waals surface area contributed by atoms with E-state index in [0.717, 1.165) is 29.7 Å². The summed E-state index contributed by atoms with van der Waals surface area (Å²) < 4.78 is 13.4. The van der Waals surface area contributed by atoms with Gasteiger partial charge in [-0.2, -0.15) is 11.8 Å². The second-order valence-electron chi connectivity index (χ2n) is 6.50. The van der Waals surface area contributed by atoms with Crippen molar-refractivity contribution in [3.8, 4) is 0 Å². The molecule has 0 atom stereocenters. The van der Waals surface area contributed by atoms with Gasteiger partial charge < -0.3 is 16.0 Å². The van der Waals surface area contributed by atoms with Crippen LogP contribution in [-0.4, -0.2) is 37.8 Å². The van der Waals surface area contributed by atoms with Gasteiger partial charge >= 0.3 is 0 Å². The van der Waals surface area contributed by atoms with Crippen LogP contribution >= 0.6 is 11.8 Å². The third-order valence-electron chi connectivity index (χ3n) is 4.50. The van der Waals surface area contributed by atoms with Crippen LogP contribution in [0.3, 0.4) is 0 Å². The van der Waals surface area contributed by atoms with Crippen molar-refractivity contribution in [3.05, 3.63) is 35.1 Å². The zero-order valence-electron chi connectivity index (χ0n) is 15.6. The molecule has 3 N–H and O–H groups in total. The van der Waals surface area contributed by atoms with Gasteiger partial charge in [0.15, 0.2) is 5.96 Å². The number of rotatable bonds is 8. The average Bonchev–Trinajstić information content (AvgIpc) is 3.12. The van der Waals surface area contributed by atoms with Crippen molar-refractivity contribution < 1.29 is 9.18 Å². The summed E-state index contributed by atoms with van der Waals surface area (Å²) in [6.45, 7) is 1.09. The number of hydrogen-bond donors (Lipinski definition) is 3. The highest BCUT2D eigenvalue weighted by atomic mass is 32.2. The predicted molar refractivity (Wildman–Crippen MR) is 107 cm³/mol. The second kappa shape index (κ2) is 11.1. The molecule has 144 valence electrons. The third kappa shape index (κ3) is 6.86. The second-order valence-corrected chi connectivity index (χ2v) is 7.36. The lowest BCUT2D eigenvalue weighted by Crippen LogP contribution is -2.40. The Morgan fingerprint density at radius 2 is 2.04 bits per heavy atom. The van der Waals surface area contributed by atoms with E-state index in [0.29, 0.717) is 31.5 Å². The number of guanidine groups is 1. The number of nitrogens with zero attached hydrogens (tertiary/aromatic N) is 1. The summed E-state index contributed by atoms with van der Waals surface area (Å²) >= 11 is 1.66. The van der Waals surface area contributed by atoms with Gasteiger partial charge in [-0.25, -0.2) is 4.39 Å². The van der Waals surface area contributed by atoms with E-state index < -0.39 is 0 Å². The monoisotopic (exact) mass is 380 g/mol. The summed E-state index contributed by atoms with van der Waals surface area (Å²) in [7, 11) is 1.70. The van der Waals surface area contributed by atoms with Gasteiger partial charge in [0.05, 0.1) is 0 Å². The molecule has 26 heavy (non-hydrogen) atoms. The molecule has 1 saturated carbocycles. The van der Waals surface area contributed by atoms with E-state index >= 15 is 0 Å². The van der Waals surface area contributed by atoms with Crippen LogP contribution in [-0.2, 0) is 17.1 Å². The summed E-state index contributed by atoms with van der Waals surface area (Å²) in [5.74, 6) is 1.27. The molecule has 0 bridgehead atoms. The highest BCUT2D eigenvalue weighted by Crippen LogP contribution is 2.18. The van der Waals surface area contributed by atoms with Crippen LogP contribution in [0.2, 0.25) is 0 Å². The maximum atomic E-state index is 13.4. The van der Waals surface area contributed by atoms with Gasteiger partial charge in [-0.05, 0) is 42.4 Å². The van der Waals surface area contributed by atoms with Gasteiger partial charge in [0.25, 0.3) is 0 Å². The Morgan fingerprint density at radius 1 is 1.27 bits per heavy atom. The summed E-state index contributed by atoms with van der Waals surface area (Å²) in [4.78, 5) is 16.1. The van der Waals surface area contributed by atoms with Gasteiger partial charge in [0.2, 0.25) is 5.91 Å². The Bertz CT molecular complexity index is 618. The van der Waals surface area contributed by atoms with Crippen LogP contribution in [0.1, 0.15) is 43.2 Å². The molecule has 1 aliphatic rings. The van der Waals surface area contributed by atoms with Gasteiger partial charge in [0.1, 0.15) is 5.82 Å².